The Kier molecular flexibility index (Phi) is 8.39. The number of nitrogens with zero attached hydrogens (tertiary/aromatic N) is 3. The fourth-order valence-corrected chi connectivity index (χ4v) is 5.07. The minimum Gasteiger partial charge on any atom is -0.497 e. The number of piperazine rings is 1. The number of methoxy groups -OCH3 is 1. The molecule has 8 nitrogen and oxygen atoms in total. The molecule has 0 bridgehead atoms. The van der Waals surface area contributed by atoms with Crippen molar-refractivity contribution in [1.29, 1.82) is 0 Å². The lowest BCUT2D eigenvalue weighted by Crippen LogP contribution is -2.44. The van der Waals surface area contributed by atoms with Crippen LogP contribution in [0.25, 0.3) is 11.0 Å². The number of anilines is 2. The van der Waals surface area contributed by atoms with Gasteiger partial charge in [0.15, 0.2) is 0 Å². The molecule has 1 aliphatic heterocycles. The average Bonchev–Trinajstić information content (AvgIpc) is 3.43. The fourth-order valence-electron chi connectivity index (χ4n) is 4.80. The van der Waals surface area contributed by atoms with E-state index in [0.717, 1.165) is 30.1 Å². The first-order chi connectivity index (χ1) is 19.6. The van der Waals surface area contributed by atoms with Crippen LogP contribution < -0.4 is 15.4 Å². The summed E-state index contributed by atoms with van der Waals surface area (Å²) in [5.41, 5.74) is 1.68. The van der Waals surface area contributed by atoms with E-state index >= 15 is 0 Å². The van der Waals surface area contributed by atoms with Gasteiger partial charge in [-0.1, -0.05) is 17.7 Å². The van der Waals surface area contributed by atoms with Gasteiger partial charge >= 0.3 is 6.18 Å². The minimum atomic E-state index is -4.59. The Morgan fingerprint density at radius 3 is 2.56 bits per heavy atom. The highest BCUT2D eigenvalue weighted by atomic mass is 35.5. The Labute approximate surface area is 240 Å². The number of H-pyrrole nitrogens is 1. The van der Waals surface area contributed by atoms with E-state index in [9.17, 15) is 18.0 Å². The molecular weight excluding hydrogens is 557 g/mol. The lowest BCUT2D eigenvalue weighted by molar-refractivity contribution is -0.138. The quantitative estimate of drug-likeness (QED) is 0.240. The number of rotatable bonds is 8. The maximum Gasteiger partial charge on any atom is 0.416 e. The molecule has 0 radical (unpaired) electrons. The Bertz CT molecular complexity index is 1550. The van der Waals surface area contributed by atoms with E-state index in [2.05, 4.69) is 25.5 Å². The number of hydrogen-bond donors (Lipinski definition) is 3. The molecule has 1 aliphatic rings. The number of aromatic amines is 1. The van der Waals surface area contributed by atoms with Gasteiger partial charge in [0.1, 0.15) is 11.4 Å². The molecule has 0 unspecified atom stereocenters. The zero-order chi connectivity index (χ0) is 29.1. The van der Waals surface area contributed by atoms with Gasteiger partial charge in [0.25, 0.3) is 5.91 Å². The molecule has 0 aliphatic carbocycles. The molecule has 5 rings (SSSR count). The lowest BCUT2D eigenvalue weighted by atomic mass is 10.0. The second kappa shape index (κ2) is 12.0. The molecule has 12 heteroatoms. The highest BCUT2D eigenvalue weighted by molar-refractivity contribution is 6.36. The van der Waals surface area contributed by atoms with Gasteiger partial charge in [-0.2, -0.15) is 13.2 Å². The highest BCUT2D eigenvalue weighted by Gasteiger charge is 2.34. The maximum absolute atomic E-state index is 14.0. The molecule has 3 N–H and O–H groups in total. The summed E-state index contributed by atoms with van der Waals surface area (Å²) in [5, 5.41) is 7.32. The summed E-state index contributed by atoms with van der Waals surface area (Å²) < 4.78 is 47.4. The predicted octanol–water partition coefficient (Wildman–Crippen LogP) is 5.86. The number of likely N-dealkylation sites (N-methyl/N-ethyl adjacent to an activating group) is 1. The standard InChI is InChI=1S/C29H30ClF3N6O2/c1-38-7-9-39(10-8-38)17-19-4-3-18(11-25(19)29(31,32)33)28(40)37-22-12-21(13-23(14-22)41-2)35-15-20-16-36-27-24(26(20)30)5-6-34-27/h3-6,11-14,16,35H,7-10,15,17H2,1-2H3,(H,34,36)(H,37,40). The van der Waals surface area contributed by atoms with Crippen molar-refractivity contribution >= 4 is 39.9 Å². The van der Waals surface area contributed by atoms with Crippen LogP contribution in [0.3, 0.4) is 0 Å². The largest absolute Gasteiger partial charge is 0.497 e. The molecule has 1 saturated heterocycles. The van der Waals surface area contributed by atoms with Crippen LogP contribution in [0.15, 0.2) is 54.9 Å². The number of halogens is 4. The molecule has 0 spiro atoms. The van der Waals surface area contributed by atoms with Gasteiger partial charge < -0.3 is 25.3 Å². The van der Waals surface area contributed by atoms with Crippen LogP contribution in [0.2, 0.25) is 5.02 Å². The minimum absolute atomic E-state index is 0.0885. The summed E-state index contributed by atoms with van der Waals surface area (Å²) in [7, 11) is 3.48. The zero-order valence-corrected chi connectivity index (χ0v) is 23.4. The number of benzene rings is 2. The van der Waals surface area contributed by atoms with Crippen LogP contribution in [-0.4, -0.2) is 66.0 Å². The van der Waals surface area contributed by atoms with E-state index < -0.39 is 17.6 Å². The van der Waals surface area contributed by atoms with Gasteiger partial charge in [0.05, 0.1) is 17.7 Å². The van der Waals surface area contributed by atoms with Gasteiger partial charge in [-0.05, 0) is 36.9 Å². The average molecular weight is 587 g/mol. The molecule has 0 saturated carbocycles. The van der Waals surface area contributed by atoms with Crippen LogP contribution in [0.4, 0.5) is 24.5 Å². The molecule has 41 heavy (non-hydrogen) atoms. The van der Waals surface area contributed by atoms with E-state index in [-0.39, 0.29) is 17.7 Å². The number of nitrogens with one attached hydrogen (secondary N) is 3. The molecular formula is C29H30ClF3N6O2. The molecule has 0 atom stereocenters. The molecule has 1 amide bonds. The maximum atomic E-state index is 14.0. The SMILES string of the molecule is COc1cc(NCc2cnc3[nH]ccc3c2Cl)cc(NC(=O)c2ccc(CN3CCN(C)CC3)c(C(F)(F)F)c2)c1. The van der Waals surface area contributed by atoms with Crippen molar-refractivity contribution in [3.05, 3.63) is 82.1 Å². The van der Waals surface area contributed by atoms with Crippen LogP contribution >= 0.6 is 11.6 Å². The summed E-state index contributed by atoms with van der Waals surface area (Å²) in [6, 6.07) is 10.6. The summed E-state index contributed by atoms with van der Waals surface area (Å²) in [6.45, 7) is 3.48. The molecule has 4 aromatic rings. The Balaban J connectivity index is 1.32. The van der Waals surface area contributed by atoms with Crippen molar-refractivity contribution in [2.75, 3.05) is 51.0 Å². The summed E-state index contributed by atoms with van der Waals surface area (Å²) in [4.78, 5) is 24.6. The summed E-state index contributed by atoms with van der Waals surface area (Å²) in [6.07, 6.45) is -1.16. The second-order valence-corrected chi connectivity index (χ2v) is 10.4. The number of alkyl halides is 3. The smallest absolute Gasteiger partial charge is 0.416 e. The van der Waals surface area contributed by atoms with Crippen molar-refractivity contribution in [2.45, 2.75) is 19.3 Å². The number of amides is 1. The lowest BCUT2D eigenvalue weighted by Gasteiger charge is -2.33. The van der Waals surface area contributed by atoms with Crippen molar-refractivity contribution in [3.8, 4) is 5.75 Å². The highest BCUT2D eigenvalue weighted by Crippen LogP contribution is 2.34. The predicted molar refractivity (Wildman–Crippen MR) is 154 cm³/mol. The number of carbonyl (C=O) groups excluding carboxylic acids is 1. The van der Waals surface area contributed by atoms with Crippen LogP contribution in [0, 0.1) is 0 Å². The van der Waals surface area contributed by atoms with E-state index in [1.807, 2.05) is 18.0 Å². The summed E-state index contributed by atoms with van der Waals surface area (Å²) >= 11 is 6.53. The van der Waals surface area contributed by atoms with Crippen molar-refractivity contribution in [2.24, 2.45) is 0 Å². The van der Waals surface area contributed by atoms with Gasteiger partial charge in [-0.3, -0.25) is 9.69 Å². The zero-order valence-electron chi connectivity index (χ0n) is 22.6. The van der Waals surface area contributed by atoms with E-state index in [1.165, 1.54) is 19.2 Å². The third-order valence-corrected chi connectivity index (χ3v) is 7.59. The Morgan fingerprint density at radius 1 is 1.07 bits per heavy atom. The van der Waals surface area contributed by atoms with Crippen molar-refractivity contribution in [1.82, 2.24) is 19.8 Å². The van der Waals surface area contributed by atoms with Gasteiger partial charge in [-0.25, -0.2) is 4.98 Å². The number of fused-ring (bicyclic) bond motifs is 1. The van der Waals surface area contributed by atoms with Crippen molar-refractivity contribution in [3.63, 3.8) is 0 Å². The number of aromatic nitrogens is 2. The van der Waals surface area contributed by atoms with Gasteiger partial charge in [-0.15, -0.1) is 0 Å². The topological polar surface area (TPSA) is 85.5 Å². The number of hydrogen-bond acceptors (Lipinski definition) is 6. The van der Waals surface area contributed by atoms with Gasteiger partial charge in [0.2, 0.25) is 0 Å². The third-order valence-electron chi connectivity index (χ3n) is 7.14. The van der Waals surface area contributed by atoms with E-state index in [0.29, 0.717) is 47.4 Å². The molecule has 1 fully saturated rings. The first kappa shape index (κ1) is 28.7. The van der Waals surface area contributed by atoms with Crippen LogP contribution in [-0.2, 0) is 19.3 Å². The summed E-state index contributed by atoms with van der Waals surface area (Å²) in [5.74, 6) is -0.208. The molecule has 2 aromatic heterocycles. The first-order valence-corrected chi connectivity index (χ1v) is 13.4. The Morgan fingerprint density at radius 2 is 1.83 bits per heavy atom. The van der Waals surface area contributed by atoms with E-state index in [4.69, 9.17) is 16.3 Å². The third kappa shape index (κ3) is 6.75. The molecule has 3 heterocycles. The fraction of sp³-hybridized carbons (Fsp3) is 0.310. The monoisotopic (exact) mass is 586 g/mol. The van der Waals surface area contributed by atoms with E-state index in [1.54, 1.807) is 30.6 Å². The molecule has 2 aromatic carbocycles. The van der Waals surface area contributed by atoms with Crippen LogP contribution in [0.5, 0.6) is 5.75 Å². The van der Waals surface area contributed by atoms with Crippen molar-refractivity contribution < 1.29 is 22.7 Å². The van der Waals surface area contributed by atoms with Crippen LogP contribution in [0.1, 0.15) is 27.0 Å². The number of pyridine rings is 1. The normalized spacial score (nSPS) is 14.8. The first-order valence-electron chi connectivity index (χ1n) is 13.1. The number of carbonyl (C=O) groups is 1. The number of ether oxygens (including phenoxy) is 1. The Hall–Kier alpha value is -3.80. The molecule has 216 valence electrons. The second-order valence-electron chi connectivity index (χ2n) is 10.0. The van der Waals surface area contributed by atoms with Gasteiger partial charge in [0, 0.05) is 91.7 Å².